The number of nitrogens with zero attached hydrogens (tertiary/aromatic N) is 2. The molecule has 2 aromatic rings. The SMILES string of the molecule is Cc1noc(-c2ccc(C(C)(C)C)c(C(C)C)c2)n1. The van der Waals surface area contributed by atoms with Crippen LogP contribution in [-0.2, 0) is 5.41 Å². The Balaban J connectivity index is 2.54. The Morgan fingerprint density at radius 1 is 1.16 bits per heavy atom. The van der Waals surface area contributed by atoms with Gasteiger partial charge < -0.3 is 4.52 Å². The van der Waals surface area contributed by atoms with Gasteiger partial charge in [0.05, 0.1) is 0 Å². The van der Waals surface area contributed by atoms with Gasteiger partial charge in [-0.25, -0.2) is 0 Å². The molecule has 0 atom stereocenters. The molecule has 0 aliphatic carbocycles. The van der Waals surface area contributed by atoms with Crippen molar-refractivity contribution >= 4 is 0 Å². The second kappa shape index (κ2) is 4.80. The fourth-order valence-corrected chi connectivity index (χ4v) is 2.27. The molecule has 19 heavy (non-hydrogen) atoms. The first-order valence-electron chi connectivity index (χ1n) is 6.74. The Morgan fingerprint density at radius 2 is 1.84 bits per heavy atom. The third kappa shape index (κ3) is 2.86. The Bertz CT molecular complexity index is 577. The highest BCUT2D eigenvalue weighted by atomic mass is 16.5. The van der Waals surface area contributed by atoms with Gasteiger partial charge in [-0.2, -0.15) is 4.98 Å². The smallest absolute Gasteiger partial charge is 0.257 e. The van der Waals surface area contributed by atoms with Crippen molar-refractivity contribution in [2.75, 3.05) is 0 Å². The summed E-state index contributed by atoms with van der Waals surface area (Å²) < 4.78 is 5.25. The topological polar surface area (TPSA) is 38.9 Å². The van der Waals surface area contributed by atoms with Crippen LogP contribution >= 0.6 is 0 Å². The van der Waals surface area contributed by atoms with E-state index in [1.54, 1.807) is 0 Å². The van der Waals surface area contributed by atoms with Crippen LogP contribution in [0, 0.1) is 6.92 Å². The molecule has 1 aromatic heterocycles. The summed E-state index contributed by atoms with van der Waals surface area (Å²) in [6.07, 6.45) is 0. The van der Waals surface area contributed by atoms with Crippen molar-refractivity contribution in [2.45, 2.75) is 52.9 Å². The standard InChI is InChI=1S/C16H22N2O/c1-10(2)13-9-12(15-17-11(3)18-19-15)7-8-14(13)16(4,5)6/h7-10H,1-6H3. The zero-order valence-electron chi connectivity index (χ0n) is 12.6. The van der Waals surface area contributed by atoms with E-state index in [9.17, 15) is 0 Å². The number of aromatic nitrogens is 2. The third-order valence-electron chi connectivity index (χ3n) is 3.26. The molecule has 0 spiro atoms. The molecule has 1 aromatic carbocycles. The van der Waals surface area contributed by atoms with Crippen molar-refractivity contribution in [1.82, 2.24) is 10.1 Å². The van der Waals surface area contributed by atoms with E-state index >= 15 is 0 Å². The van der Waals surface area contributed by atoms with Crippen LogP contribution in [0.5, 0.6) is 0 Å². The zero-order valence-corrected chi connectivity index (χ0v) is 12.6. The number of rotatable bonds is 2. The molecular weight excluding hydrogens is 236 g/mol. The minimum Gasteiger partial charge on any atom is -0.334 e. The van der Waals surface area contributed by atoms with Crippen molar-refractivity contribution in [3.05, 3.63) is 35.2 Å². The van der Waals surface area contributed by atoms with E-state index in [4.69, 9.17) is 4.52 Å². The van der Waals surface area contributed by atoms with E-state index in [-0.39, 0.29) is 5.41 Å². The van der Waals surface area contributed by atoms with Gasteiger partial charge in [0.2, 0.25) is 0 Å². The van der Waals surface area contributed by atoms with Crippen LogP contribution in [0.3, 0.4) is 0 Å². The highest BCUT2D eigenvalue weighted by Crippen LogP contribution is 2.33. The van der Waals surface area contributed by atoms with E-state index in [0.717, 1.165) is 5.56 Å². The predicted molar refractivity (Wildman–Crippen MR) is 77.3 cm³/mol. The molecule has 0 unspecified atom stereocenters. The largest absolute Gasteiger partial charge is 0.334 e. The number of hydrogen-bond donors (Lipinski definition) is 0. The van der Waals surface area contributed by atoms with Gasteiger partial charge in [0, 0.05) is 5.56 Å². The van der Waals surface area contributed by atoms with Gasteiger partial charge >= 0.3 is 0 Å². The first-order chi connectivity index (χ1) is 8.79. The third-order valence-corrected chi connectivity index (χ3v) is 3.26. The molecule has 0 aliphatic heterocycles. The lowest BCUT2D eigenvalue weighted by atomic mass is 9.80. The summed E-state index contributed by atoms with van der Waals surface area (Å²) >= 11 is 0. The number of benzene rings is 1. The van der Waals surface area contributed by atoms with Gasteiger partial charge in [-0.15, -0.1) is 0 Å². The van der Waals surface area contributed by atoms with Gasteiger partial charge in [-0.3, -0.25) is 0 Å². The lowest BCUT2D eigenvalue weighted by Gasteiger charge is -2.25. The maximum absolute atomic E-state index is 5.25. The van der Waals surface area contributed by atoms with Crippen LogP contribution in [0.25, 0.3) is 11.5 Å². The first kappa shape index (κ1) is 13.8. The van der Waals surface area contributed by atoms with E-state index in [1.165, 1.54) is 11.1 Å². The van der Waals surface area contributed by atoms with Gasteiger partial charge in [0.25, 0.3) is 5.89 Å². The fourth-order valence-electron chi connectivity index (χ4n) is 2.27. The molecule has 0 saturated carbocycles. The summed E-state index contributed by atoms with van der Waals surface area (Å²) in [5.74, 6) is 1.74. The zero-order chi connectivity index (χ0) is 14.2. The van der Waals surface area contributed by atoms with E-state index < -0.39 is 0 Å². The second-order valence-corrected chi connectivity index (χ2v) is 6.35. The average molecular weight is 258 g/mol. The summed E-state index contributed by atoms with van der Waals surface area (Å²) in [6.45, 7) is 13.0. The molecule has 3 heteroatoms. The van der Waals surface area contributed by atoms with Gasteiger partial charge in [0.15, 0.2) is 5.82 Å². The first-order valence-corrected chi connectivity index (χ1v) is 6.74. The van der Waals surface area contributed by atoms with Crippen LogP contribution in [0.2, 0.25) is 0 Å². The average Bonchev–Trinajstić information content (AvgIpc) is 2.74. The second-order valence-electron chi connectivity index (χ2n) is 6.35. The van der Waals surface area contributed by atoms with Crippen LogP contribution in [0.15, 0.2) is 22.7 Å². The quantitative estimate of drug-likeness (QED) is 0.798. The fraction of sp³-hybridized carbons (Fsp3) is 0.500. The predicted octanol–water partition coefficient (Wildman–Crippen LogP) is 4.47. The van der Waals surface area contributed by atoms with Crippen molar-refractivity contribution in [3.63, 3.8) is 0 Å². The summed E-state index contributed by atoms with van der Waals surface area (Å²) in [7, 11) is 0. The Kier molecular flexibility index (Phi) is 3.48. The lowest BCUT2D eigenvalue weighted by Crippen LogP contribution is -2.15. The van der Waals surface area contributed by atoms with Crippen LogP contribution in [-0.4, -0.2) is 10.1 Å². The molecule has 0 fully saturated rings. The summed E-state index contributed by atoms with van der Waals surface area (Å²) in [5, 5.41) is 3.85. The molecule has 102 valence electrons. The molecule has 0 saturated heterocycles. The van der Waals surface area contributed by atoms with Gasteiger partial charge in [-0.1, -0.05) is 45.8 Å². The molecule has 0 radical (unpaired) electrons. The minimum atomic E-state index is 0.142. The number of aryl methyl sites for hydroxylation is 1. The summed E-state index contributed by atoms with van der Waals surface area (Å²) in [5.41, 5.74) is 3.86. The molecule has 1 heterocycles. The molecule has 2 rings (SSSR count). The van der Waals surface area contributed by atoms with E-state index in [2.05, 4.69) is 63.0 Å². The molecule has 3 nitrogen and oxygen atoms in total. The van der Waals surface area contributed by atoms with Crippen molar-refractivity contribution in [2.24, 2.45) is 0 Å². The summed E-state index contributed by atoms with van der Waals surface area (Å²) in [4.78, 5) is 4.30. The lowest BCUT2D eigenvalue weighted by molar-refractivity contribution is 0.425. The normalized spacial score (nSPS) is 12.2. The van der Waals surface area contributed by atoms with Crippen LogP contribution < -0.4 is 0 Å². The maximum Gasteiger partial charge on any atom is 0.257 e. The van der Waals surface area contributed by atoms with Crippen molar-refractivity contribution < 1.29 is 4.52 Å². The minimum absolute atomic E-state index is 0.142. The van der Waals surface area contributed by atoms with E-state index in [0.29, 0.717) is 17.6 Å². The monoisotopic (exact) mass is 258 g/mol. The molecule has 0 N–H and O–H groups in total. The van der Waals surface area contributed by atoms with Crippen molar-refractivity contribution in [1.29, 1.82) is 0 Å². The molecule has 0 bridgehead atoms. The number of hydrogen-bond acceptors (Lipinski definition) is 3. The van der Waals surface area contributed by atoms with Gasteiger partial charge in [-0.05, 0) is 41.5 Å². The van der Waals surface area contributed by atoms with Gasteiger partial charge in [0.1, 0.15) is 0 Å². The van der Waals surface area contributed by atoms with Crippen LogP contribution in [0.1, 0.15) is 57.5 Å². The Labute approximate surface area is 115 Å². The molecule has 0 aliphatic rings. The Hall–Kier alpha value is -1.64. The highest BCUT2D eigenvalue weighted by Gasteiger charge is 2.20. The maximum atomic E-state index is 5.25. The molecule has 0 amide bonds. The highest BCUT2D eigenvalue weighted by molar-refractivity contribution is 5.57. The van der Waals surface area contributed by atoms with Crippen molar-refractivity contribution in [3.8, 4) is 11.5 Å². The van der Waals surface area contributed by atoms with Crippen LogP contribution in [0.4, 0.5) is 0 Å². The van der Waals surface area contributed by atoms with E-state index in [1.807, 2.05) is 6.92 Å². The summed E-state index contributed by atoms with van der Waals surface area (Å²) in [6, 6.07) is 6.43. The molecular formula is C16H22N2O. The Morgan fingerprint density at radius 3 is 2.32 bits per heavy atom.